The highest BCUT2D eigenvalue weighted by Gasteiger charge is 2.08. The third-order valence-corrected chi connectivity index (χ3v) is 6.94. The van der Waals surface area contributed by atoms with E-state index in [1.165, 1.54) is 45.4 Å². The van der Waals surface area contributed by atoms with E-state index < -0.39 is 5.97 Å². The maximum atomic E-state index is 9.60. The predicted octanol–water partition coefficient (Wildman–Crippen LogP) is 5.26. The highest BCUT2D eigenvalue weighted by molar-refractivity contribution is 6.58. The summed E-state index contributed by atoms with van der Waals surface area (Å²) in [7, 11) is -0.287. The molecule has 0 aromatic carbocycles. The van der Waals surface area contributed by atoms with E-state index in [4.69, 9.17) is 5.11 Å². The summed E-state index contributed by atoms with van der Waals surface area (Å²) in [6.45, 7) is 11.6. The Morgan fingerprint density at radius 2 is 1.21 bits per heavy atom. The summed E-state index contributed by atoms with van der Waals surface area (Å²) in [6, 6.07) is 4.86. The molecule has 0 radical (unpaired) electrons. The second-order valence-electron chi connectivity index (χ2n) is 5.38. The first-order chi connectivity index (χ1) is 8.99. The summed E-state index contributed by atoms with van der Waals surface area (Å²) >= 11 is 0. The van der Waals surface area contributed by atoms with Crippen molar-refractivity contribution < 1.29 is 9.90 Å². The fourth-order valence-corrected chi connectivity index (χ4v) is 5.73. The van der Waals surface area contributed by atoms with Crippen molar-refractivity contribution >= 4 is 14.8 Å². The molecule has 0 rings (SSSR count). The van der Waals surface area contributed by atoms with Gasteiger partial charge in [0, 0.05) is 14.4 Å². The molecule has 1 N–H and O–H groups in total. The summed E-state index contributed by atoms with van der Waals surface area (Å²) in [5.74, 6) is -0.935. The van der Waals surface area contributed by atoms with Crippen LogP contribution in [0.25, 0.3) is 0 Å². The summed E-state index contributed by atoms with van der Waals surface area (Å²) in [4.78, 5) is 9.60. The topological polar surface area (TPSA) is 37.3 Å². The van der Waals surface area contributed by atoms with Crippen LogP contribution in [0.1, 0.15) is 66.2 Å². The molecule has 0 bridgehead atoms. The van der Waals surface area contributed by atoms with E-state index >= 15 is 0 Å². The molecule has 2 nitrogen and oxygen atoms in total. The molecular formula is C16H34O2Si. The summed E-state index contributed by atoms with van der Waals surface area (Å²) in [5, 5.41) is 7.89. The molecule has 0 amide bonds. The van der Waals surface area contributed by atoms with Crippen LogP contribution in [0.15, 0.2) is 12.2 Å². The molecule has 0 heterocycles. The molecule has 0 aliphatic heterocycles. The van der Waals surface area contributed by atoms with Crippen LogP contribution in [0.4, 0.5) is 0 Å². The number of hydrogen-bond donors (Lipinski definition) is 1. The highest BCUT2D eigenvalue weighted by Crippen LogP contribution is 2.16. The van der Waals surface area contributed by atoms with Crippen LogP contribution in [0.5, 0.6) is 0 Å². The molecule has 0 fully saturated rings. The van der Waals surface area contributed by atoms with Crippen LogP contribution >= 0.6 is 0 Å². The number of unbranched alkanes of at least 4 members (excludes halogenated alkanes) is 3. The molecule has 0 saturated carbocycles. The fourth-order valence-electron chi connectivity index (χ4n) is 1.91. The monoisotopic (exact) mass is 286 g/mol. The van der Waals surface area contributed by atoms with Gasteiger partial charge in [-0.25, -0.2) is 4.79 Å². The Balaban J connectivity index is 0. The van der Waals surface area contributed by atoms with Gasteiger partial charge >= 0.3 is 5.97 Å². The molecule has 19 heavy (non-hydrogen) atoms. The van der Waals surface area contributed by atoms with Crippen molar-refractivity contribution in [3.8, 4) is 0 Å². The molecule has 0 aliphatic rings. The first-order valence-corrected chi connectivity index (χ1v) is 10.3. The summed E-state index contributed by atoms with van der Waals surface area (Å²) < 4.78 is 0. The van der Waals surface area contributed by atoms with Gasteiger partial charge in [-0.1, -0.05) is 84.0 Å². The van der Waals surface area contributed by atoms with Crippen molar-refractivity contribution in [3.63, 3.8) is 0 Å². The fraction of sp³-hybridized carbons (Fsp3) is 0.812. The Bertz CT molecular complexity index is 196. The molecule has 0 unspecified atom stereocenters. The van der Waals surface area contributed by atoms with Gasteiger partial charge in [0.15, 0.2) is 0 Å². The van der Waals surface area contributed by atoms with Gasteiger partial charge < -0.3 is 5.11 Å². The van der Waals surface area contributed by atoms with Gasteiger partial charge in [-0.05, 0) is 6.92 Å². The Hall–Kier alpha value is -0.573. The predicted molar refractivity (Wildman–Crippen MR) is 88.7 cm³/mol. The smallest absolute Gasteiger partial charge is 0.330 e. The van der Waals surface area contributed by atoms with Crippen molar-refractivity contribution in [3.05, 3.63) is 12.2 Å². The first kappa shape index (κ1) is 20.7. The van der Waals surface area contributed by atoms with Crippen LogP contribution in [0.2, 0.25) is 18.1 Å². The lowest BCUT2D eigenvalue weighted by Crippen LogP contribution is -2.11. The Morgan fingerprint density at radius 3 is 1.37 bits per heavy atom. The molecule has 0 aliphatic carbocycles. The van der Waals surface area contributed by atoms with Crippen molar-refractivity contribution in [2.24, 2.45) is 0 Å². The first-order valence-electron chi connectivity index (χ1n) is 7.88. The van der Waals surface area contributed by atoms with Crippen LogP contribution < -0.4 is 0 Å². The van der Waals surface area contributed by atoms with Gasteiger partial charge in [0.25, 0.3) is 0 Å². The molecule has 114 valence electrons. The zero-order valence-electron chi connectivity index (χ0n) is 13.5. The van der Waals surface area contributed by atoms with Gasteiger partial charge in [0.2, 0.25) is 0 Å². The zero-order valence-corrected chi connectivity index (χ0v) is 14.7. The summed E-state index contributed by atoms with van der Waals surface area (Å²) in [5.41, 5.74) is 0.176. The van der Waals surface area contributed by atoms with E-state index in [9.17, 15) is 4.79 Å². The Labute approximate surface area is 121 Å². The molecule has 3 heteroatoms. The molecule has 0 spiro atoms. The van der Waals surface area contributed by atoms with E-state index in [1.54, 1.807) is 18.1 Å². The minimum atomic E-state index is -0.935. The third kappa shape index (κ3) is 17.4. The van der Waals surface area contributed by atoms with Gasteiger partial charge in [-0.15, -0.1) is 0 Å². The lowest BCUT2D eigenvalue weighted by atomic mass is 10.4. The molecule has 0 aromatic heterocycles. The van der Waals surface area contributed by atoms with E-state index in [1.807, 2.05) is 0 Å². The minimum Gasteiger partial charge on any atom is -0.478 e. The van der Waals surface area contributed by atoms with Crippen LogP contribution in [0.3, 0.4) is 0 Å². The highest BCUT2D eigenvalue weighted by atomic mass is 28.3. The SMILES string of the molecule is C=C(C)C(=O)O.CCCC[SiH](CCCC)CCCC. The Morgan fingerprint density at radius 1 is 0.947 bits per heavy atom. The van der Waals surface area contributed by atoms with E-state index in [0.717, 1.165) is 0 Å². The van der Waals surface area contributed by atoms with E-state index in [-0.39, 0.29) is 14.4 Å². The van der Waals surface area contributed by atoms with Gasteiger partial charge in [0.05, 0.1) is 0 Å². The quantitative estimate of drug-likeness (QED) is 0.439. The summed E-state index contributed by atoms with van der Waals surface area (Å²) in [6.07, 6.45) is 8.73. The van der Waals surface area contributed by atoms with Crippen molar-refractivity contribution in [1.29, 1.82) is 0 Å². The third-order valence-electron chi connectivity index (χ3n) is 3.26. The number of carboxylic acids is 1. The van der Waals surface area contributed by atoms with Crippen LogP contribution in [-0.2, 0) is 4.79 Å². The maximum absolute atomic E-state index is 9.60. The molecule has 0 atom stereocenters. The van der Waals surface area contributed by atoms with E-state index in [2.05, 4.69) is 27.4 Å². The number of rotatable bonds is 10. The lowest BCUT2D eigenvalue weighted by Gasteiger charge is -2.13. The van der Waals surface area contributed by atoms with Crippen molar-refractivity contribution in [2.75, 3.05) is 0 Å². The number of carboxylic acid groups (broad SMARTS) is 1. The molecular weight excluding hydrogens is 252 g/mol. The Kier molecular flexibility index (Phi) is 16.9. The lowest BCUT2D eigenvalue weighted by molar-refractivity contribution is -0.132. The minimum absolute atomic E-state index is 0.176. The zero-order chi connectivity index (χ0) is 15.1. The van der Waals surface area contributed by atoms with E-state index in [0.29, 0.717) is 0 Å². The normalized spacial score (nSPS) is 9.95. The van der Waals surface area contributed by atoms with Gasteiger partial charge in [0.1, 0.15) is 0 Å². The standard InChI is InChI=1S/C12H28Si.C4H6O2/c1-4-7-10-13(11-8-5-2)12-9-6-3;1-3(2)4(5)6/h13H,4-12H2,1-3H3;1H2,2H3,(H,5,6). The van der Waals surface area contributed by atoms with Crippen LogP contribution in [0, 0.1) is 0 Å². The van der Waals surface area contributed by atoms with Gasteiger partial charge in [-0.3, -0.25) is 0 Å². The van der Waals surface area contributed by atoms with Gasteiger partial charge in [-0.2, -0.15) is 0 Å². The number of hydrogen-bond acceptors (Lipinski definition) is 1. The van der Waals surface area contributed by atoms with Crippen molar-refractivity contribution in [2.45, 2.75) is 84.4 Å². The van der Waals surface area contributed by atoms with Crippen molar-refractivity contribution in [1.82, 2.24) is 0 Å². The average Bonchev–Trinajstić information content (AvgIpc) is 2.38. The average molecular weight is 287 g/mol. The maximum Gasteiger partial charge on any atom is 0.330 e. The number of carbonyl (C=O) groups is 1. The second-order valence-corrected chi connectivity index (χ2v) is 8.84. The molecule has 0 saturated heterocycles. The largest absolute Gasteiger partial charge is 0.478 e. The molecule has 0 aromatic rings. The second kappa shape index (κ2) is 15.5. The van der Waals surface area contributed by atoms with Crippen LogP contribution in [-0.4, -0.2) is 19.9 Å². The number of aliphatic carboxylic acids is 1.